The van der Waals surface area contributed by atoms with E-state index in [4.69, 9.17) is 23.2 Å². The molecule has 0 bridgehead atoms. The Balaban J connectivity index is 2.47. The van der Waals surface area contributed by atoms with Gasteiger partial charge in [-0.05, 0) is 35.0 Å². The van der Waals surface area contributed by atoms with Crippen molar-refractivity contribution in [3.63, 3.8) is 0 Å². The molecule has 1 saturated heterocycles. The molecule has 0 amide bonds. The fourth-order valence-corrected chi connectivity index (χ4v) is 4.88. The average molecular weight is 388 g/mol. The maximum absolute atomic E-state index is 12.6. The summed E-state index contributed by atoms with van der Waals surface area (Å²) in [7, 11) is -3.61. The zero-order valence-corrected chi connectivity index (χ0v) is 14.1. The Hall–Kier alpha value is 0.150. The Morgan fingerprint density at radius 2 is 2.05 bits per heavy atom. The molecule has 0 saturated carbocycles. The lowest BCUT2D eigenvalue weighted by Gasteiger charge is -2.33. The molecule has 1 aromatic carbocycles. The van der Waals surface area contributed by atoms with Gasteiger partial charge in [0.25, 0.3) is 0 Å². The van der Waals surface area contributed by atoms with Crippen molar-refractivity contribution in [1.82, 2.24) is 9.62 Å². The molecule has 19 heavy (non-hydrogen) atoms. The van der Waals surface area contributed by atoms with Crippen molar-refractivity contribution in [2.24, 2.45) is 0 Å². The Bertz CT molecular complexity index is 595. The molecule has 0 radical (unpaired) electrons. The number of hydrogen-bond acceptors (Lipinski definition) is 3. The van der Waals surface area contributed by atoms with Crippen LogP contribution in [0, 0.1) is 0 Å². The Morgan fingerprint density at radius 3 is 2.68 bits per heavy atom. The summed E-state index contributed by atoms with van der Waals surface area (Å²) >= 11 is 15.2. The van der Waals surface area contributed by atoms with E-state index in [1.165, 1.54) is 16.4 Å². The third-order valence-corrected chi connectivity index (χ3v) is 6.68. The zero-order chi connectivity index (χ0) is 14.2. The van der Waals surface area contributed by atoms with Gasteiger partial charge < -0.3 is 5.32 Å². The first kappa shape index (κ1) is 15.5. The van der Waals surface area contributed by atoms with E-state index in [0.717, 1.165) is 0 Å². The summed E-state index contributed by atoms with van der Waals surface area (Å²) in [6.45, 7) is 3.56. The lowest BCUT2D eigenvalue weighted by Crippen LogP contribution is -2.52. The zero-order valence-electron chi connectivity index (χ0n) is 10.2. The first-order chi connectivity index (χ1) is 8.84. The standard InChI is InChI=1S/C11H13BrCl2N2O2S/c1-7-6-15-2-3-16(7)19(17,18)11-4-8(12)9(13)5-10(11)14/h4-5,7,15H,2-3,6H2,1H3. The molecule has 0 aliphatic carbocycles. The summed E-state index contributed by atoms with van der Waals surface area (Å²) < 4.78 is 27.2. The maximum Gasteiger partial charge on any atom is 0.244 e. The van der Waals surface area contributed by atoms with E-state index >= 15 is 0 Å². The smallest absolute Gasteiger partial charge is 0.244 e. The van der Waals surface area contributed by atoms with Crippen molar-refractivity contribution in [2.75, 3.05) is 19.6 Å². The molecular formula is C11H13BrCl2N2O2S. The predicted molar refractivity (Wildman–Crippen MR) is 80.4 cm³/mol. The van der Waals surface area contributed by atoms with Crippen LogP contribution >= 0.6 is 39.1 Å². The molecule has 0 aromatic heterocycles. The molecule has 1 unspecified atom stereocenters. The van der Waals surface area contributed by atoms with Crippen LogP contribution in [0.25, 0.3) is 0 Å². The fourth-order valence-electron chi connectivity index (χ4n) is 2.01. The van der Waals surface area contributed by atoms with Crippen molar-refractivity contribution < 1.29 is 8.42 Å². The molecule has 1 aliphatic rings. The van der Waals surface area contributed by atoms with Gasteiger partial charge in [0.15, 0.2) is 0 Å². The Kier molecular flexibility index (Phi) is 4.80. The molecule has 2 rings (SSSR count). The first-order valence-corrected chi connectivity index (χ1v) is 8.70. The van der Waals surface area contributed by atoms with Gasteiger partial charge in [-0.2, -0.15) is 4.31 Å². The number of piperazine rings is 1. The minimum absolute atomic E-state index is 0.0826. The number of halogens is 3. The number of sulfonamides is 1. The second-order valence-corrected chi connectivity index (χ2v) is 7.89. The van der Waals surface area contributed by atoms with Crippen molar-refractivity contribution in [3.8, 4) is 0 Å². The van der Waals surface area contributed by atoms with E-state index in [1.807, 2.05) is 6.92 Å². The molecule has 1 aliphatic heterocycles. The predicted octanol–water partition coefficient (Wildman–Crippen LogP) is 2.74. The van der Waals surface area contributed by atoms with Gasteiger partial charge in [-0.25, -0.2) is 8.42 Å². The van der Waals surface area contributed by atoms with E-state index in [9.17, 15) is 8.42 Å². The van der Waals surface area contributed by atoms with Gasteiger partial charge in [-0.15, -0.1) is 0 Å². The van der Waals surface area contributed by atoms with Gasteiger partial charge in [-0.3, -0.25) is 0 Å². The van der Waals surface area contributed by atoms with E-state index in [2.05, 4.69) is 21.2 Å². The van der Waals surface area contributed by atoms with Crippen molar-refractivity contribution in [3.05, 3.63) is 26.7 Å². The van der Waals surface area contributed by atoms with Gasteiger partial charge in [0.1, 0.15) is 4.90 Å². The first-order valence-electron chi connectivity index (χ1n) is 5.71. The summed E-state index contributed by atoms with van der Waals surface area (Å²) in [5.41, 5.74) is 0. The lowest BCUT2D eigenvalue weighted by atomic mass is 10.3. The number of rotatable bonds is 2. The summed E-state index contributed by atoms with van der Waals surface area (Å²) in [5.74, 6) is 0. The SMILES string of the molecule is CC1CNCCN1S(=O)(=O)c1cc(Br)c(Cl)cc1Cl. The monoisotopic (exact) mass is 386 g/mol. The number of benzene rings is 1. The second kappa shape index (κ2) is 5.87. The summed E-state index contributed by atoms with van der Waals surface area (Å²) in [6.07, 6.45) is 0. The molecule has 0 spiro atoms. The minimum atomic E-state index is -3.61. The van der Waals surface area contributed by atoms with Crippen LogP contribution < -0.4 is 5.32 Å². The van der Waals surface area contributed by atoms with Gasteiger partial charge in [-0.1, -0.05) is 23.2 Å². The summed E-state index contributed by atoms with van der Waals surface area (Å²) in [6, 6.07) is 2.78. The lowest BCUT2D eigenvalue weighted by molar-refractivity contribution is 0.284. The normalized spacial score (nSPS) is 21.6. The molecule has 1 heterocycles. The highest BCUT2D eigenvalue weighted by molar-refractivity contribution is 9.10. The molecule has 1 fully saturated rings. The van der Waals surface area contributed by atoms with Gasteiger partial charge >= 0.3 is 0 Å². The summed E-state index contributed by atoms with van der Waals surface area (Å²) in [4.78, 5) is 0.0826. The van der Waals surface area contributed by atoms with Crippen LogP contribution in [-0.2, 0) is 10.0 Å². The topological polar surface area (TPSA) is 49.4 Å². The summed E-state index contributed by atoms with van der Waals surface area (Å²) in [5, 5.41) is 3.68. The highest BCUT2D eigenvalue weighted by Crippen LogP contribution is 2.33. The van der Waals surface area contributed by atoms with E-state index in [0.29, 0.717) is 29.1 Å². The minimum Gasteiger partial charge on any atom is -0.314 e. The van der Waals surface area contributed by atoms with Crippen LogP contribution in [0.15, 0.2) is 21.5 Å². The molecule has 4 nitrogen and oxygen atoms in total. The van der Waals surface area contributed by atoms with E-state index < -0.39 is 10.0 Å². The van der Waals surface area contributed by atoms with Crippen molar-refractivity contribution in [2.45, 2.75) is 17.9 Å². The number of nitrogens with one attached hydrogen (secondary N) is 1. The molecular weight excluding hydrogens is 375 g/mol. The average Bonchev–Trinajstić information content (AvgIpc) is 2.34. The van der Waals surface area contributed by atoms with Crippen LogP contribution in [0.3, 0.4) is 0 Å². The van der Waals surface area contributed by atoms with E-state index in [-0.39, 0.29) is 16.0 Å². The molecule has 1 aromatic rings. The largest absolute Gasteiger partial charge is 0.314 e. The molecule has 1 atom stereocenters. The quantitative estimate of drug-likeness (QED) is 0.793. The van der Waals surface area contributed by atoms with Gasteiger partial charge in [0.2, 0.25) is 10.0 Å². The van der Waals surface area contributed by atoms with Gasteiger partial charge in [0, 0.05) is 30.1 Å². The van der Waals surface area contributed by atoms with Gasteiger partial charge in [0.05, 0.1) is 10.0 Å². The molecule has 106 valence electrons. The van der Waals surface area contributed by atoms with Crippen LogP contribution in [0.2, 0.25) is 10.0 Å². The van der Waals surface area contributed by atoms with Crippen LogP contribution in [-0.4, -0.2) is 38.4 Å². The van der Waals surface area contributed by atoms with Crippen molar-refractivity contribution in [1.29, 1.82) is 0 Å². The third-order valence-electron chi connectivity index (χ3n) is 3.00. The maximum atomic E-state index is 12.6. The third kappa shape index (κ3) is 3.09. The second-order valence-electron chi connectivity index (χ2n) is 4.37. The fraction of sp³-hybridized carbons (Fsp3) is 0.455. The molecule has 1 N–H and O–H groups in total. The highest BCUT2D eigenvalue weighted by Gasteiger charge is 2.32. The van der Waals surface area contributed by atoms with Crippen molar-refractivity contribution >= 4 is 49.2 Å². The van der Waals surface area contributed by atoms with E-state index in [1.54, 1.807) is 0 Å². The Labute approximate surface area is 131 Å². The molecule has 8 heteroatoms. The number of nitrogens with zero attached hydrogens (tertiary/aromatic N) is 1. The van der Waals surface area contributed by atoms with Crippen LogP contribution in [0.5, 0.6) is 0 Å². The Morgan fingerprint density at radius 1 is 1.37 bits per heavy atom. The highest BCUT2D eigenvalue weighted by atomic mass is 79.9. The van der Waals surface area contributed by atoms with Crippen LogP contribution in [0.4, 0.5) is 0 Å². The number of hydrogen-bond donors (Lipinski definition) is 1. The van der Waals surface area contributed by atoms with Crippen LogP contribution in [0.1, 0.15) is 6.92 Å².